The molecule has 310 valence electrons. The number of carbonyl (C=O) groups excluding carboxylic acids is 4. The quantitative estimate of drug-likeness (QED) is 0.0977. The summed E-state index contributed by atoms with van der Waals surface area (Å²) in [6, 6.07) is 42.3. The van der Waals surface area contributed by atoms with Crippen LogP contribution in [0.2, 0.25) is 0 Å². The molecule has 13 heteroatoms. The largest absolute Gasteiger partial charge is 0.453 e. The Labute approximate surface area is 346 Å². The summed E-state index contributed by atoms with van der Waals surface area (Å²) in [5.74, 6) is -3.04. The van der Waals surface area contributed by atoms with Gasteiger partial charge in [0.1, 0.15) is 12.2 Å². The number of aliphatic hydroxyl groups is 1. The van der Waals surface area contributed by atoms with Crippen LogP contribution in [0.1, 0.15) is 60.3 Å². The van der Waals surface area contributed by atoms with Crippen LogP contribution in [-0.4, -0.2) is 90.9 Å². The molecule has 13 nitrogen and oxygen atoms in total. The average molecular weight is 817 g/mol. The first kappa shape index (κ1) is 41.9. The number of rotatable bonds is 14. The maximum Gasteiger partial charge on any atom is 0.338 e. The van der Waals surface area contributed by atoms with Gasteiger partial charge in [-0.15, -0.1) is 0 Å². The fourth-order valence-electron chi connectivity index (χ4n) is 6.91. The SMILES string of the molecule is C[C@H]1O[C@H](OC[C@H]2O[C@H](O)[C@H](OC(=O)c3ccccc3)[C@@H](OC(=O)c3ccccc3)[C@@H]2OC(=O)c2ccccc2)C[C@@H](OCc2ccccc2)[C@@H]1OC(=O)c1ccccc1. The second-order valence-corrected chi connectivity index (χ2v) is 14.2. The molecule has 0 aromatic heterocycles. The lowest BCUT2D eigenvalue weighted by Gasteiger charge is -2.44. The van der Waals surface area contributed by atoms with E-state index < -0.39 is 79.2 Å². The molecular formula is C47H44O13. The minimum Gasteiger partial charge on any atom is -0.453 e. The summed E-state index contributed by atoms with van der Waals surface area (Å²) < 4.78 is 48.6. The minimum absolute atomic E-state index is 0.0946. The monoisotopic (exact) mass is 816 g/mol. The molecule has 60 heavy (non-hydrogen) atoms. The van der Waals surface area contributed by atoms with Gasteiger partial charge in [0.25, 0.3) is 0 Å². The van der Waals surface area contributed by atoms with Gasteiger partial charge in [0, 0.05) is 6.42 Å². The zero-order chi connectivity index (χ0) is 41.8. The molecule has 2 aliphatic heterocycles. The topological polar surface area (TPSA) is 162 Å². The van der Waals surface area contributed by atoms with Crippen molar-refractivity contribution in [1.82, 2.24) is 0 Å². The summed E-state index contributed by atoms with van der Waals surface area (Å²) in [5, 5.41) is 11.5. The molecule has 0 bridgehead atoms. The molecular weight excluding hydrogens is 773 g/mol. The minimum atomic E-state index is -1.87. The third kappa shape index (κ3) is 10.7. The number of carbonyl (C=O) groups is 4. The highest BCUT2D eigenvalue weighted by atomic mass is 16.7. The maximum absolute atomic E-state index is 13.7. The first-order chi connectivity index (χ1) is 29.2. The first-order valence-corrected chi connectivity index (χ1v) is 19.5. The van der Waals surface area contributed by atoms with E-state index in [1.807, 2.05) is 30.3 Å². The van der Waals surface area contributed by atoms with E-state index in [0.29, 0.717) is 5.56 Å². The van der Waals surface area contributed by atoms with Crippen LogP contribution in [0.5, 0.6) is 0 Å². The van der Waals surface area contributed by atoms with Crippen molar-refractivity contribution in [3.05, 3.63) is 179 Å². The maximum atomic E-state index is 13.7. The standard InChI is InChI=1S/C47H44O13/c1-30-39(57-43(48)32-19-9-3-10-20-32)36(53-28-31-17-7-2-8-18-31)27-38(55-30)54-29-37-40(58-44(49)33-21-11-4-12-22-33)41(59-45(50)34-23-13-5-14-24-34)42(47(52)56-37)60-46(51)35-25-15-6-16-26-35/h2-26,30,36-42,47,52H,27-29H2,1H3/t30-,36-,37-,38+,39-,40-,41+,42-,47+/m1/s1. The number of hydrogen-bond donors (Lipinski definition) is 1. The second-order valence-electron chi connectivity index (χ2n) is 14.2. The normalized spacial score (nSPS) is 25.0. The summed E-state index contributed by atoms with van der Waals surface area (Å²) >= 11 is 0. The smallest absolute Gasteiger partial charge is 0.338 e. The lowest BCUT2D eigenvalue weighted by atomic mass is 9.97. The number of ether oxygens (including phenoxy) is 8. The Morgan fingerprint density at radius 2 is 0.917 bits per heavy atom. The Kier molecular flexibility index (Phi) is 14.1. The Morgan fingerprint density at radius 3 is 1.38 bits per heavy atom. The number of hydrogen-bond acceptors (Lipinski definition) is 13. The summed E-state index contributed by atoms with van der Waals surface area (Å²) in [5.41, 5.74) is 1.74. The molecule has 5 aromatic rings. The van der Waals surface area contributed by atoms with Gasteiger partial charge in [-0.3, -0.25) is 0 Å². The molecule has 2 heterocycles. The van der Waals surface area contributed by atoms with E-state index >= 15 is 0 Å². The molecule has 2 aliphatic rings. The highest BCUT2D eigenvalue weighted by Gasteiger charge is 2.53. The number of aliphatic hydroxyl groups excluding tert-OH is 1. The van der Waals surface area contributed by atoms with Crippen molar-refractivity contribution in [2.75, 3.05) is 6.61 Å². The first-order valence-electron chi connectivity index (χ1n) is 19.5. The predicted molar refractivity (Wildman–Crippen MR) is 213 cm³/mol. The van der Waals surface area contributed by atoms with Gasteiger partial charge in [0.15, 0.2) is 37.0 Å². The van der Waals surface area contributed by atoms with Crippen LogP contribution < -0.4 is 0 Å². The van der Waals surface area contributed by atoms with E-state index in [0.717, 1.165) is 5.56 Å². The summed E-state index contributed by atoms with van der Waals surface area (Å²) in [7, 11) is 0. The molecule has 0 radical (unpaired) electrons. The van der Waals surface area contributed by atoms with Crippen LogP contribution in [0, 0.1) is 0 Å². The number of benzene rings is 5. The average Bonchev–Trinajstić information content (AvgIpc) is 3.29. The van der Waals surface area contributed by atoms with E-state index in [9.17, 15) is 24.3 Å². The van der Waals surface area contributed by atoms with Crippen LogP contribution in [-0.2, 0) is 44.5 Å². The molecule has 0 spiro atoms. The van der Waals surface area contributed by atoms with Gasteiger partial charge >= 0.3 is 23.9 Å². The van der Waals surface area contributed by atoms with Crippen LogP contribution in [0.25, 0.3) is 0 Å². The van der Waals surface area contributed by atoms with Crippen molar-refractivity contribution in [2.24, 2.45) is 0 Å². The Balaban J connectivity index is 1.14. The Morgan fingerprint density at radius 1 is 0.517 bits per heavy atom. The lowest BCUT2D eigenvalue weighted by molar-refractivity contribution is -0.305. The molecule has 1 N–H and O–H groups in total. The molecule has 2 fully saturated rings. The molecule has 0 unspecified atom stereocenters. The van der Waals surface area contributed by atoms with Crippen molar-refractivity contribution < 1.29 is 62.2 Å². The summed E-state index contributed by atoms with van der Waals surface area (Å²) in [4.78, 5) is 53.9. The summed E-state index contributed by atoms with van der Waals surface area (Å²) in [6.45, 7) is 1.56. The van der Waals surface area contributed by atoms with Gasteiger partial charge in [0.05, 0.1) is 41.6 Å². The molecule has 5 aromatic carbocycles. The Hall–Kier alpha value is -6.22. The second kappa shape index (κ2) is 20.2. The molecule has 0 aliphatic carbocycles. The molecule has 7 rings (SSSR count). The van der Waals surface area contributed by atoms with E-state index in [4.69, 9.17) is 37.9 Å². The van der Waals surface area contributed by atoms with Gasteiger partial charge < -0.3 is 43.0 Å². The van der Waals surface area contributed by atoms with Crippen molar-refractivity contribution in [2.45, 2.75) is 75.3 Å². The van der Waals surface area contributed by atoms with E-state index in [2.05, 4.69) is 0 Å². The highest BCUT2D eigenvalue weighted by molar-refractivity contribution is 5.91. The lowest BCUT2D eigenvalue weighted by Crippen LogP contribution is -2.62. The molecule has 0 saturated carbocycles. The molecule has 9 atom stereocenters. The van der Waals surface area contributed by atoms with Gasteiger partial charge in [-0.2, -0.15) is 0 Å². The number of esters is 4. The fourth-order valence-corrected chi connectivity index (χ4v) is 6.91. The third-order valence-electron chi connectivity index (χ3n) is 9.99. The predicted octanol–water partition coefficient (Wildman–Crippen LogP) is 6.34. The third-order valence-corrected chi connectivity index (χ3v) is 9.99. The van der Waals surface area contributed by atoms with Crippen LogP contribution in [0.4, 0.5) is 0 Å². The van der Waals surface area contributed by atoms with Crippen molar-refractivity contribution >= 4 is 23.9 Å². The zero-order valence-electron chi connectivity index (χ0n) is 32.6. The van der Waals surface area contributed by atoms with Crippen LogP contribution >= 0.6 is 0 Å². The van der Waals surface area contributed by atoms with Crippen molar-refractivity contribution in [1.29, 1.82) is 0 Å². The van der Waals surface area contributed by atoms with E-state index in [-0.39, 0.29) is 36.3 Å². The Bertz CT molecular complexity index is 2150. The molecule has 2 saturated heterocycles. The van der Waals surface area contributed by atoms with Crippen LogP contribution in [0.3, 0.4) is 0 Å². The van der Waals surface area contributed by atoms with Gasteiger partial charge in [-0.25, -0.2) is 19.2 Å². The van der Waals surface area contributed by atoms with Crippen LogP contribution in [0.15, 0.2) is 152 Å². The zero-order valence-corrected chi connectivity index (χ0v) is 32.6. The van der Waals surface area contributed by atoms with Crippen molar-refractivity contribution in [3.8, 4) is 0 Å². The van der Waals surface area contributed by atoms with Gasteiger partial charge in [0.2, 0.25) is 0 Å². The van der Waals surface area contributed by atoms with Gasteiger partial charge in [-0.1, -0.05) is 103 Å². The van der Waals surface area contributed by atoms with E-state index in [1.54, 1.807) is 91.9 Å². The molecule has 0 amide bonds. The summed E-state index contributed by atoms with van der Waals surface area (Å²) in [6.07, 6.45) is -11.0. The van der Waals surface area contributed by atoms with E-state index in [1.165, 1.54) is 36.4 Å². The van der Waals surface area contributed by atoms with Crippen molar-refractivity contribution in [3.63, 3.8) is 0 Å². The highest BCUT2D eigenvalue weighted by Crippen LogP contribution is 2.32. The van der Waals surface area contributed by atoms with Gasteiger partial charge in [-0.05, 0) is 61.0 Å². The fraction of sp³-hybridized carbons (Fsp3) is 0.277.